The van der Waals surface area contributed by atoms with Crippen molar-refractivity contribution >= 4 is 17.8 Å². The van der Waals surface area contributed by atoms with Crippen LogP contribution in [-0.4, -0.2) is 49.3 Å². The van der Waals surface area contributed by atoms with E-state index in [0.29, 0.717) is 11.5 Å². The lowest BCUT2D eigenvalue weighted by Gasteiger charge is -2.14. The number of nitrogens with zero attached hydrogens (tertiary/aromatic N) is 4. The Bertz CT molecular complexity index is 782. The minimum atomic E-state index is -0.381. The van der Waals surface area contributed by atoms with E-state index in [1.807, 2.05) is 19.9 Å². The number of aryl methyl sites for hydroxylation is 1. The number of amides is 2. The van der Waals surface area contributed by atoms with E-state index in [0.717, 1.165) is 25.0 Å². The summed E-state index contributed by atoms with van der Waals surface area (Å²) in [7, 11) is 1.64. The fourth-order valence-corrected chi connectivity index (χ4v) is 3.04. The van der Waals surface area contributed by atoms with Crippen molar-refractivity contribution < 1.29 is 14.3 Å². The smallest absolute Gasteiger partial charge is 0.407 e. The van der Waals surface area contributed by atoms with E-state index in [2.05, 4.69) is 31.1 Å². The minimum Gasteiger partial charge on any atom is -0.446 e. The van der Waals surface area contributed by atoms with Crippen molar-refractivity contribution in [2.45, 2.75) is 51.2 Å². The molecular formula is C16H23N7O3. The number of ether oxygens (including phenoxy) is 1. The van der Waals surface area contributed by atoms with Crippen LogP contribution in [0.15, 0.2) is 12.3 Å². The summed E-state index contributed by atoms with van der Waals surface area (Å²) in [5.74, 6) is 0.324. The van der Waals surface area contributed by atoms with Gasteiger partial charge in [-0.15, -0.1) is 5.10 Å². The maximum absolute atomic E-state index is 12.2. The molecule has 1 fully saturated rings. The van der Waals surface area contributed by atoms with Crippen molar-refractivity contribution in [3.05, 3.63) is 23.7 Å². The number of hydrogen-bond acceptors (Lipinski definition) is 6. The standard InChI is InChI=1S/C16H23N7O3/c1-9(2)18-16(25)26-11-5-4-10(6-11)12-7-14(21-20-12)19-15(24)13-8-17-22-23(13)3/h7-11H,4-6H2,1-3H3,(H,18,25)(H2,19,20,21,24)/t10-,11+/m1/s1. The molecule has 1 saturated carbocycles. The summed E-state index contributed by atoms with van der Waals surface area (Å²) in [6.45, 7) is 3.78. The predicted octanol–water partition coefficient (Wildman–Crippen LogP) is 1.56. The average molecular weight is 361 g/mol. The van der Waals surface area contributed by atoms with Gasteiger partial charge >= 0.3 is 6.09 Å². The van der Waals surface area contributed by atoms with Gasteiger partial charge in [0.25, 0.3) is 5.91 Å². The molecule has 1 aliphatic rings. The number of carbonyl (C=O) groups is 2. The van der Waals surface area contributed by atoms with Crippen LogP contribution in [-0.2, 0) is 11.8 Å². The van der Waals surface area contributed by atoms with E-state index in [4.69, 9.17) is 4.74 Å². The Morgan fingerprint density at radius 2 is 2.19 bits per heavy atom. The van der Waals surface area contributed by atoms with Gasteiger partial charge in [0.05, 0.1) is 6.20 Å². The van der Waals surface area contributed by atoms with Gasteiger partial charge in [0.1, 0.15) is 11.8 Å². The van der Waals surface area contributed by atoms with Crippen LogP contribution in [0.5, 0.6) is 0 Å². The molecule has 2 amide bonds. The molecule has 10 nitrogen and oxygen atoms in total. The highest BCUT2D eigenvalue weighted by molar-refractivity contribution is 6.02. The zero-order valence-electron chi connectivity index (χ0n) is 15.0. The lowest BCUT2D eigenvalue weighted by atomic mass is 10.0. The van der Waals surface area contributed by atoms with Gasteiger partial charge in [-0.2, -0.15) is 5.10 Å². The number of rotatable bonds is 5. The number of nitrogens with one attached hydrogen (secondary N) is 3. The number of hydrogen-bond donors (Lipinski definition) is 3. The van der Waals surface area contributed by atoms with E-state index in [9.17, 15) is 9.59 Å². The van der Waals surface area contributed by atoms with Crippen LogP contribution in [0.3, 0.4) is 0 Å². The Labute approximate surface area is 150 Å². The number of aromatic amines is 1. The predicted molar refractivity (Wildman–Crippen MR) is 92.7 cm³/mol. The van der Waals surface area contributed by atoms with Crippen molar-refractivity contribution in [3.63, 3.8) is 0 Å². The monoisotopic (exact) mass is 361 g/mol. The molecule has 0 spiro atoms. The van der Waals surface area contributed by atoms with Gasteiger partial charge in [-0.25, -0.2) is 9.48 Å². The first kappa shape index (κ1) is 17.9. The summed E-state index contributed by atoms with van der Waals surface area (Å²) in [5.41, 5.74) is 1.26. The quantitative estimate of drug-likeness (QED) is 0.742. The molecule has 26 heavy (non-hydrogen) atoms. The summed E-state index contributed by atoms with van der Waals surface area (Å²) >= 11 is 0. The van der Waals surface area contributed by atoms with Crippen molar-refractivity contribution in [1.29, 1.82) is 0 Å². The molecule has 1 aliphatic carbocycles. The fourth-order valence-electron chi connectivity index (χ4n) is 3.04. The first-order valence-corrected chi connectivity index (χ1v) is 8.61. The lowest BCUT2D eigenvalue weighted by Crippen LogP contribution is -2.33. The molecule has 0 radical (unpaired) electrons. The number of alkyl carbamates (subject to hydrolysis) is 1. The molecule has 0 aromatic carbocycles. The summed E-state index contributed by atoms with van der Waals surface area (Å²) in [6.07, 6.45) is 3.32. The third kappa shape index (κ3) is 4.19. The second-order valence-corrected chi connectivity index (χ2v) is 6.74. The van der Waals surface area contributed by atoms with Gasteiger partial charge in [0.2, 0.25) is 0 Å². The Hall–Kier alpha value is -2.91. The molecule has 0 saturated heterocycles. The van der Waals surface area contributed by atoms with Crippen LogP contribution < -0.4 is 10.6 Å². The summed E-state index contributed by atoms with van der Waals surface area (Å²) in [4.78, 5) is 23.9. The number of H-pyrrole nitrogens is 1. The third-order valence-corrected chi connectivity index (χ3v) is 4.29. The van der Waals surface area contributed by atoms with Gasteiger partial charge in [-0.1, -0.05) is 5.21 Å². The van der Waals surface area contributed by atoms with Gasteiger partial charge < -0.3 is 15.4 Å². The molecule has 10 heteroatoms. The van der Waals surface area contributed by atoms with Crippen LogP contribution in [0, 0.1) is 0 Å². The molecule has 0 bridgehead atoms. The van der Waals surface area contributed by atoms with Crippen LogP contribution in [0.2, 0.25) is 0 Å². The van der Waals surface area contributed by atoms with Crippen LogP contribution in [0.25, 0.3) is 0 Å². The Kier molecular flexibility index (Phi) is 5.19. The highest BCUT2D eigenvalue weighted by atomic mass is 16.6. The average Bonchev–Trinajstić information content (AvgIpc) is 3.27. The zero-order chi connectivity index (χ0) is 18.7. The molecule has 140 valence electrons. The summed E-state index contributed by atoms with van der Waals surface area (Å²) in [6, 6.07) is 1.86. The Morgan fingerprint density at radius 1 is 1.38 bits per heavy atom. The molecule has 2 aromatic rings. The highest BCUT2D eigenvalue weighted by Gasteiger charge is 2.30. The summed E-state index contributed by atoms with van der Waals surface area (Å²) < 4.78 is 6.83. The number of anilines is 1. The fraction of sp³-hybridized carbons (Fsp3) is 0.562. The molecule has 3 rings (SSSR count). The molecule has 0 aliphatic heterocycles. The first-order chi connectivity index (χ1) is 12.4. The minimum absolute atomic E-state index is 0.0492. The van der Waals surface area contributed by atoms with Crippen molar-refractivity contribution in [1.82, 2.24) is 30.5 Å². The van der Waals surface area contributed by atoms with E-state index in [1.54, 1.807) is 7.05 Å². The molecular weight excluding hydrogens is 338 g/mol. The topological polar surface area (TPSA) is 127 Å². The first-order valence-electron chi connectivity index (χ1n) is 8.61. The summed E-state index contributed by atoms with van der Waals surface area (Å²) in [5, 5.41) is 20.0. The van der Waals surface area contributed by atoms with Gasteiger partial charge in [0, 0.05) is 30.8 Å². The largest absolute Gasteiger partial charge is 0.446 e. The molecule has 0 unspecified atom stereocenters. The van der Waals surface area contributed by atoms with Crippen molar-refractivity contribution in [3.8, 4) is 0 Å². The number of carbonyl (C=O) groups excluding carboxylic acids is 2. The maximum atomic E-state index is 12.2. The molecule has 2 atom stereocenters. The second kappa shape index (κ2) is 7.54. The van der Waals surface area contributed by atoms with Crippen LogP contribution in [0.1, 0.15) is 55.2 Å². The van der Waals surface area contributed by atoms with Crippen LogP contribution >= 0.6 is 0 Å². The Morgan fingerprint density at radius 3 is 2.88 bits per heavy atom. The van der Waals surface area contributed by atoms with Gasteiger partial charge in [-0.3, -0.25) is 9.89 Å². The van der Waals surface area contributed by atoms with Gasteiger partial charge in [-0.05, 0) is 33.1 Å². The molecule has 2 aromatic heterocycles. The number of aromatic nitrogens is 5. The van der Waals surface area contributed by atoms with E-state index >= 15 is 0 Å². The lowest BCUT2D eigenvalue weighted by molar-refractivity contribution is 0.0979. The van der Waals surface area contributed by atoms with Crippen molar-refractivity contribution in [2.24, 2.45) is 7.05 Å². The molecule has 2 heterocycles. The maximum Gasteiger partial charge on any atom is 0.407 e. The van der Waals surface area contributed by atoms with Crippen LogP contribution in [0.4, 0.5) is 10.6 Å². The van der Waals surface area contributed by atoms with Crippen molar-refractivity contribution in [2.75, 3.05) is 5.32 Å². The van der Waals surface area contributed by atoms with Gasteiger partial charge in [0.15, 0.2) is 5.82 Å². The third-order valence-electron chi connectivity index (χ3n) is 4.29. The Balaban J connectivity index is 1.54. The van der Waals surface area contributed by atoms with E-state index in [-0.39, 0.29) is 30.1 Å². The molecule has 3 N–H and O–H groups in total. The second-order valence-electron chi connectivity index (χ2n) is 6.74. The normalized spacial score (nSPS) is 19.5. The van der Waals surface area contributed by atoms with E-state index in [1.165, 1.54) is 10.9 Å². The highest BCUT2D eigenvalue weighted by Crippen LogP contribution is 2.35. The zero-order valence-corrected chi connectivity index (χ0v) is 15.0. The SMILES string of the molecule is CC(C)NC(=O)O[C@H]1CC[C@@H](c2cc(NC(=O)c3cnnn3C)n[nH]2)C1. The van der Waals surface area contributed by atoms with E-state index < -0.39 is 0 Å².